The quantitative estimate of drug-likeness (QED) is 0.206. The average molecular weight is 520 g/mol. The van der Waals surface area contributed by atoms with Crippen molar-refractivity contribution in [3.05, 3.63) is 16.7 Å². The van der Waals surface area contributed by atoms with E-state index in [-0.39, 0.29) is 17.1 Å². The maximum absolute atomic E-state index is 11.8. The van der Waals surface area contributed by atoms with Gasteiger partial charge in [-0.25, -0.2) is 13.6 Å². The summed E-state index contributed by atoms with van der Waals surface area (Å²) in [5.74, 6) is -0.295. The van der Waals surface area contributed by atoms with Crippen LogP contribution in [0.15, 0.2) is 11.1 Å². The van der Waals surface area contributed by atoms with Crippen LogP contribution in [-0.2, 0) is 31.6 Å². The van der Waals surface area contributed by atoms with E-state index in [9.17, 15) is 43.4 Å². The summed E-state index contributed by atoms with van der Waals surface area (Å²) in [6.07, 6.45) is -5.57. The summed E-state index contributed by atoms with van der Waals surface area (Å²) < 4.78 is 50.3. The standard InChI is InChI=1S/C10H16N5O14P3/c11-10-13-7-4(8(18)14-10)12-2-15(7)9-6(17)5(16)3(27-9)1-26-31(22,23)29-32(24,25)28-30(19,20)21/h2-3,5-6,9,16-17H,1H2,(H,22,23)(H,24,25)(H2,19,20,21)(H3,11,13,14,18)/p-3/t3-,5-,6-,9?/m1/s1. The van der Waals surface area contributed by atoms with Gasteiger partial charge in [0.15, 0.2) is 17.4 Å². The molecule has 180 valence electrons. The maximum Gasteiger partial charge on any atom is 0.280 e. The van der Waals surface area contributed by atoms with Gasteiger partial charge >= 0.3 is 0 Å². The van der Waals surface area contributed by atoms with E-state index in [2.05, 4.69) is 28.1 Å². The number of rotatable bonds is 8. The number of nitrogens with one attached hydrogen (secondary N) is 1. The molecule has 7 atom stereocenters. The fraction of sp³-hybridized carbons (Fsp3) is 0.500. The van der Waals surface area contributed by atoms with Gasteiger partial charge in [-0.3, -0.25) is 28.0 Å². The van der Waals surface area contributed by atoms with Crippen LogP contribution in [0.3, 0.4) is 0 Å². The van der Waals surface area contributed by atoms with Gasteiger partial charge in [-0.05, 0) is 0 Å². The van der Waals surface area contributed by atoms with Gasteiger partial charge in [0.05, 0.1) is 12.9 Å². The van der Waals surface area contributed by atoms with E-state index < -0.39 is 60.2 Å². The number of nitrogens with zero attached hydrogens (tertiary/aromatic N) is 3. The first-order valence-corrected chi connectivity index (χ1v) is 12.5. The highest BCUT2D eigenvalue weighted by molar-refractivity contribution is 7.65. The lowest BCUT2D eigenvalue weighted by atomic mass is 10.1. The number of imidazole rings is 1. The minimum atomic E-state index is -6.11. The number of H-pyrrole nitrogens is 1. The van der Waals surface area contributed by atoms with Crippen molar-refractivity contribution in [2.24, 2.45) is 0 Å². The third kappa shape index (κ3) is 5.67. The van der Waals surface area contributed by atoms with Crippen molar-refractivity contribution in [2.45, 2.75) is 24.5 Å². The second kappa shape index (κ2) is 8.66. The molecule has 1 aliphatic heterocycles. The van der Waals surface area contributed by atoms with Crippen LogP contribution in [0.5, 0.6) is 0 Å². The molecule has 1 aliphatic rings. The van der Waals surface area contributed by atoms with Crippen LogP contribution in [0, 0.1) is 0 Å². The van der Waals surface area contributed by atoms with Gasteiger partial charge in [-0.2, -0.15) is 4.98 Å². The number of phosphoric acid groups is 3. The maximum atomic E-state index is 11.8. The van der Waals surface area contributed by atoms with Crippen LogP contribution in [0.2, 0.25) is 0 Å². The second-order valence-corrected chi connectivity index (χ2v) is 10.4. The number of aliphatic hydroxyl groups is 2. The number of hydrogen-bond donors (Lipinski definition) is 5. The highest BCUT2D eigenvalue weighted by Gasteiger charge is 2.45. The molecular formula is C10H13N5O14P3-3. The Hall–Kier alpha value is -1.56. The van der Waals surface area contributed by atoms with Crippen molar-refractivity contribution < 1.29 is 61.4 Å². The fourth-order valence-electron chi connectivity index (χ4n) is 2.68. The molecular weight excluding hydrogens is 507 g/mol. The Kier molecular flexibility index (Phi) is 6.78. The topological polar surface area (TPSA) is 308 Å². The van der Waals surface area contributed by atoms with Crippen LogP contribution >= 0.6 is 23.5 Å². The van der Waals surface area contributed by atoms with Gasteiger partial charge < -0.3 is 44.8 Å². The van der Waals surface area contributed by atoms with E-state index in [1.807, 2.05) is 0 Å². The predicted molar refractivity (Wildman–Crippen MR) is 91.6 cm³/mol. The first-order chi connectivity index (χ1) is 14.6. The number of anilines is 1. The van der Waals surface area contributed by atoms with E-state index in [0.29, 0.717) is 0 Å². The van der Waals surface area contributed by atoms with Gasteiger partial charge in [0.2, 0.25) is 5.95 Å². The molecule has 3 heterocycles. The lowest BCUT2D eigenvalue weighted by Gasteiger charge is -2.33. The SMILES string of the molecule is Nc1nc2c(ncn2C2O[C@H](COP(=O)([O-])OP(=O)([O-])OP(=O)([O-])O)[C@@H](O)[C@H]2O)c(=O)[nH]1. The molecule has 0 amide bonds. The zero-order valence-electron chi connectivity index (χ0n) is 15.2. The molecule has 1 fully saturated rings. The van der Waals surface area contributed by atoms with Crippen LogP contribution in [-0.4, -0.2) is 59.5 Å². The van der Waals surface area contributed by atoms with Gasteiger partial charge in [-0.15, -0.1) is 0 Å². The molecule has 0 spiro atoms. The van der Waals surface area contributed by atoms with Crippen molar-refractivity contribution in [3.63, 3.8) is 0 Å². The summed E-state index contributed by atoms with van der Waals surface area (Å²) in [6, 6.07) is 0. The van der Waals surface area contributed by atoms with Crippen molar-refractivity contribution in [2.75, 3.05) is 12.3 Å². The minimum absolute atomic E-state index is 0.141. The molecule has 2 aromatic heterocycles. The van der Waals surface area contributed by atoms with Crippen LogP contribution < -0.4 is 26.0 Å². The van der Waals surface area contributed by atoms with Crippen molar-refractivity contribution in [3.8, 4) is 0 Å². The number of hydrogen-bond acceptors (Lipinski definition) is 16. The largest absolute Gasteiger partial charge is 0.756 e. The molecule has 6 N–H and O–H groups in total. The van der Waals surface area contributed by atoms with Gasteiger partial charge in [0, 0.05) is 0 Å². The Morgan fingerprint density at radius 3 is 2.47 bits per heavy atom. The number of nitrogen functional groups attached to an aromatic ring is 1. The normalized spacial score (nSPS) is 29.4. The van der Waals surface area contributed by atoms with E-state index in [1.54, 1.807) is 0 Å². The number of fused-ring (bicyclic) bond motifs is 1. The van der Waals surface area contributed by atoms with Crippen molar-refractivity contribution >= 4 is 40.6 Å². The number of phosphoric ester groups is 1. The molecule has 0 saturated carbocycles. The Balaban J connectivity index is 1.72. The summed E-state index contributed by atoms with van der Waals surface area (Å²) in [7, 11) is -17.8. The molecule has 1 saturated heterocycles. The monoisotopic (exact) mass is 520 g/mol. The molecule has 0 radical (unpaired) electrons. The summed E-state index contributed by atoms with van der Waals surface area (Å²) >= 11 is 0. The molecule has 3 rings (SSSR count). The molecule has 0 aromatic carbocycles. The summed E-state index contributed by atoms with van der Waals surface area (Å²) in [6.45, 7) is -1.12. The van der Waals surface area contributed by atoms with E-state index in [4.69, 9.17) is 15.4 Å². The molecule has 19 nitrogen and oxygen atoms in total. The summed E-state index contributed by atoms with van der Waals surface area (Å²) in [5.41, 5.74) is 4.41. The highest BCUT2D eigenvalue weighted by atomic mass is 31.3. The Labute approximate surface area is 175 Å². The number of nitrogens with two attached hydrogens (primary N) is 1. The highest BCUT2D eigenvalue weighted by Crippen LogP contribution is 2.61. The third-order valence-corrected chi connectivity index (χ3v) is 7.55. The van der Waals surface area contributed by atoms with Crippen LogP contribution in [0.4, 0.5) is 5.95 Å². The third-order valence-electron chi connectivity index (χ3n) is 3.86. The van der Waals surface area contributed by atoms with E-state index in [0.717, 1.165) is 10.9 Å². The molecule has 0 bridgehead atoms. The van der Waals surface area contributed by atoms with Crippen molar-refractivity contribution in [1.82, 2.24) is 19.5 Å². The van der Waals surface area contributed by atoms with Gasteiger partial charge in [0.1, 0.15) is 18.3 Å². The predicted octanol–water partition coefficient (Wildman–Crippen LogP) is -4.23. The van der Waals surface area contributed by atoms with E-state index in [1.165, 1.54) is 0 Å². The van der Waals surface area contributed by atoms with E-state index >= 15 is 0 Å². The Morgan fingerprint density at radius 1 is 1.19 bits per heavy atom. The molecule has 0 aliphatic carbocycles. The zero-order valence-corrected chi connectivity index (χ0v) is 17.9. The summed E-state index contributed by atoms with van der Waals surface area (Å²) in [5, 5.41) is 20.3. The number of ether oxygens (including phenoxy) is 1. The van der Waals surface area contributed by atoms with Gasteiger partial charge in [0.25, 0.3) is 29.0 Å². The number of aromatic amines is 1. The van der Waals surface area contributed by atoms with Crippen molar-refractivity contribution in [1.29, 1.82) is 0 Å². The first kappa shape index (κ1) is 25.1. The second-order valence-electron chi connectivity index (χ2n) is 6.14. The first-order valence-electron chi connectivity index (χ1n) is 8.05. The summed E-state index contributed by atoms with van der Waals surface area (Å²) in [4.78, 5) is 63.2. The van der Waals surface area contributed by atoms with Crippen LogP contribution in [0.1, 0.15) is 6.23 Å². The average Bonchev–Trinajstić information content (AvgIpc) is 3.12. The molecule has 22 heteroatoms. The van der Waals surface area contributed by atoms with Gasteiger partial charge in [-0.1, -0.05) is 0 Å². The lowest BCUT2D eigenvalue weighted by Crippen LogP contribution is -2.34. The number of aliphatic hydroxyl groups excluding tert-OH is 2. The smallest absolute Gasteiger partial charge is 0.280 e. The molecule has 4 unspecified atom stereocenters. The number of aromatic nitrogens is 4. The Bertz CT molecular complexity index is 1210. The lowest BCUT2D eigenvalue weighted by molar-refractivity contribution is -0.250. The Morgan fingerprint density at radius 2 is 1.84 bits per heavy atom. The van der Waals surface area contributed by atoms with Crippen LogP contribution in [0.25, 0.3) is 11.2 Å². The molecule has 2 aromatic rings. The fourth-order valence-corrected chi connectivity index (χ4v) is 5.57. The minimum Gasteiger partial charge on any atom is -0.756 e. The molecule has 32 heavy (non-hydrogen) atoms. The zero-order chi connectivity index (χ0) is 24.1.